The summed E-state index contributed by atoms with van der Waals surface area (Å²) in [5, 5.41) is 18.6. The van der Waals surface area contributed by atoms with Crippen molar-refractivity contribution in [3.05, 3.63) is 23.2 Å². The smallest absolute Gasteiger partial charge is 0.491 e. The van der Waals surface area contributed by atoms with Gasteiger partial charge in [0, 0.05) is 17.6 Å². The minimum absolute atomic E-state index is 0.288. The molecule has 0 aliphatic heterocycles. The predicted molar refractivity (Wildman–Crippen MR) is 58.6 cm³/mol. The fourth-order valence-electron chi connectivity index (χ4n) is 1.08. The molecule has 4 nitrogen and oxygen atoms in total. The molecule has 2 N–H and O–H groups in total. The van der Waals surface area contributed by atoms with Crippen molar-refractivity contribution in [2.24, 2.45) is 0 Å². The summed E-state index contributed by atoms with van der Waals surface area (Å²) in [5.41, 5.74) is 0.288. The monoisotopic (exact) mass is 230 g/mol. The van der Waals surface area contributed by atoms with E-state index in [1.165, 1.54) is 12.1 Å². The normalized spacial score (nSPS) is 10.1. The largest absolute Gasteiger partial charge is 0.492 e. The van der Waals surface area contributed by atoms with E-state index in [0.717, 1.165) is 0 Å². The Kier molecular flexibility index (Phi) is 4.91. The highest BCUT2D eigenvalue weighted by Crippen LogP contribution is 2.15. The van der Waals surface area contributed by atoms with E-state index in [2.05, 4.69) is 0 Å². The number of ether oxygens (including phenoxy) is 2. The fourth-order valence-corrected chi connectivity index (χ4v) is 1.24. The van der Waals surface area contributed by atoms with Crippen molar-refractivity contribution in [3.63, 3.8) is 0 Å². The Labute approximate surface area is 93.5 Å². The van der Waals surface area contributed by atoms with Crippen LogP contribution < -0.4 is 10.2 Å². The van der Waals surface area contributed by atoms with Crippen LogP contribution in [0, 0.1) is 0 Å². The van der Waals surface area contributed by atoms with Crippen LogP contribution in [0.2, 0.25) is 5.02 Å². The third kappa shape index (κ3) is 3.72. The van der Waals surface area contributed by atoms with Crippen LogP contribution >= 0.6 is 11.6 Å². The van der Waals surface area contributed by atoms with E-state index in [-0.39, 0.29) is 5.46 Å². The Morgan fingerprint density at radius 1 is 1.33 bits per heavy atom. The first-order chi connectivity index (χ1) is 7.15. The molecule has 0 atom stereocenters. The fraction of sp³-hybridized carbons (Fsp3) is 0.333. The van der Waals surface area contributed by atoms with Crippen molar-refractivity contribution >= 4 is 24.2 Å². The van der Waals surface area contributed by atoms with Crippen molar-refractivity contribution in [2.45, 2.75) is 0 Å². The zero-order chi connectivity index (χ0) is 11.3. The molecule has 0 saturated carbocycles. The van der Waals surface area contributed by atoms with Crippen LogP contribution in [0.4, 0.5) is 0 Å². The number of methoxy groups -OCH3 is 1. The average Bonchev–Trinajstić information content (AvgIpc) is 2.18. The molecule has 82 valence electrons. The predicted octanol–water partition coefficient (Wildman–Crippen LogP) is 0.0450. The Bertz CT molecular complexity index is 319. The highest BCUT2D eigenvalue weighted by Gasteiger charge is 2.17. The summed E-state index contributed by atoms with van der Waals surface area (Å²) in [5.74, 6) is 0.356. The van der Waals surface area contributed by atoms with Crippen LogP contribution in [0.25, 0.3) is 0 Å². The molecule has 0 spiro atoms. The quantitative estimate of drug-likeness (QED) is 0.554. The number of hydrogen-bond donors (Lipinski definition) is 2. The second-order valence-electron chi connectivity index (χ2n) is 2.90. The number of hydrogen-bond acceptors (Lipinski definition) is 4. The van der Waals surface area contributed by atoms with Crippen LogP contribution in [0.3, 0.4) is 0 Å². The Balaban J connectivity index is 2.77. The van der Waals surface area contributed by atoms with Gasteiger partial charge in [0.2, 0.25) is 0 Å². The Hall–Kier alpha value is -0.745. The Morgan fingerprint density at radius 3 is 2.67 bits per heavy atom. The number of rotatable bonds is 5. The van der Waals surface area contributed by atoms with E-state index in [4.69, 9.17) is 31.1 Å². The zero-order valence-electron chi connectivity index (χ0n) is 8.31. The van der Waals surface area contributed by atoms with Gasteiger partial charge in [0.1, 0.15) is 12.4 Å². The lowest BCUT2D eigenvalue weighted by atomic mass is 9.79. The first-order valence-corrected chi connectivity index (χ1v) is 4.80. The molecular formula is C9H12BClO4. The summed E-state index contributed by atoms with van der Waals surface area (Å²) in [4.78, 5) is 0. The summed E-state index contributed by atoms with van der Waals surface area (Å²) >= 11 is 5.76. The first-order valence-electron chi connectivity index (χ1n) is 4.42. The summed E-state index contributed by atoms with van der Waals surface area (Å²) in [6.07, 6.45) is 0. The second-order valence-corrected chi connectivity index (χ2v) is 3.33. The van der Waals surface area contributed by atoms with Crippen molar-refractivity contribution in [1.82, 2.24) is 0 Å². The molecule has 15 heavy (non-hydrogen) atoms. The highest BCUT2D eigenvalue weighted by atomic mass is 35.5. The SMILES string of the molecule is COCCOc1cc(Cl)ccc1B(O)O. The standard InChI is InChI=1S/C9H12BClO4/c1-14-4-5-15-9-6-7(11)2-3-8(9)10(12)13/h2-3,6,12-13H,4-5H2,1H3. The molecule has 0 aromatic heterocycles. The first kappa shape index (κ1) is 12.3. The third-order valence-corrected chi connectivity index (χ3v) is 2.03. The molecule has 1 rings (SSSR count). The molecule has 6 heteroatoms. The maximum atomic E-state index is 9.05. The molecule has 0 aliphatic carbocycles. The molecule has 0 heterocycles. The van der Waals surface area contributed by atoms with Gasteiger partial charge in [0.15, 0.2) is 0 Å². The molecule has 0 amide bonds. The van der Waals surface area contributed by atoms with Crippen LogP contribution in [0.1, 0.15) is 0 Å². The van der Waals surface area contributed by atoms with Crippen molar-refractivity contribution in [2.75, 3.05) is 20.3 Å². The second kappa shape index (κ2) is 5.97. The summed E-state index contributed by atoms with van der Waals surface area (Å²) in [6.45, 7) is 0.754. The minimum atomic E-state index is -1.57. The maximum absolute atomic E-state index is 9.05. The van der Waals surface area contributed by atoms with Crippen molar-refractivity contribution in [3.8, 4) is 5.75 Å². The van der Waals surface area contributed by atoms with E-state index in [1.807, 2.05) is 0 Å². The van der Waals surface area contributed by atoms with Crippen LogP contribution in [0.15, 0.2) is 18.2 Å². The lowest BCUT2D eigenvalue weighted by molar-refractivity contribution is 0.146. The average molecular weight is 230 g/mol. The van der Waals surface area contributed by atoms with E-state index in [0.29, 0.717) is 24.0 Å². The molecule has 0 radical (unpaired) electrons. The van der Waals surface area contributed by atoms with Crippen LogP contribution in [-0.4, -0.2) is 37.5 Å². The number of benzene rings is 1. The van der Waals surface area contributed by atoms with Gasteiger partial charge in [-0.3, -0.25) is 0 Å². The molecule has 0 aliphatic rings. The highest BCUT2D eigenvalue weighted by molar-refractivity contribution is 6.59. The zero-order valence-corrected chi connectivity index (χ0v) is 9.07. The van der Waals surface area contributed by atoms with Crippen molar-refractivity contribution in [1.29, 1.82) is 0 Å². The minimum Gasteiger partial charge on any atom is -0.491 e. The molecular weight excluding hydrogens is 218 g/mol. The van der Waals surface area contributed by atoms with Gasteiger partial charge in [0.05, 0.1) is 6.61 Å². The van der Waals surface area contributed by atoms with Crippen molar-refractivity contribution < 1.29 is 19.5 Å². The van der Waals surface area contributed by atoms with Gasteiger partial charge in [-0.1, -0.05) is 17.7 Å². The Morgan fingerprint density at radius 2 is 2.07 bits per heavy atom. The lowest BCUT2D eigenvalue weighted by Crippen LogP contribution is -2.31. The molecule has 1 aromatic rings. The van der Waals surface area contributed by atoms with E-state index < -0.39 is 7.12 Å². The van der Waals surface area contributed by atoms with Crippen LogP contribution in [0.5, 0.6) is 5.75 Å². The summed E-state index contributed by atoms with van der Waals surface area (Å²) < 4.78 is 10.1. The molecule has 0 fully saturated rings. The van der Waals surface area contributed by atoms with Gasteiger partial charge in [-0.25, -0.2) is 0 Å². The molecule has 0 bridgehead atoms. The van der Waals surface area contributed by atoms with Crippen LogP contribution in [-0.2, 0) is 4.74 Å². The van der Waals surface area contributed by atoms with Gasteiger partial charge in [0.25, 0.3) is 0 Å². The van der Waals surface area contributed by atoms with E-state index in [9.17, 15) is 0 Å². The maximum Gasteiger partial charge on any atom is 0.492 e. The van der Waals surface area contributed by atoms with Gasteiger partial charge in [-0.2, -0.15) is 0 Å². The molecule has 0 saturated heterocycles. The van der Waals surface area contributed by atoms with Gasteiger partial charge in [-0.15, -0.1) is 0 Å². The lowest BCUT2D eigenvalue weighted by Gasteiger charge is -2.10. The third-order valence-electron chi connectivity index (χ3n) is 1.80. The van der Waals surface area contributed by atoms with Gasteiger partial charge < -0.3 is 19.5 Å². The molecule has 0 unspecified atom stereocenters. The number of halogens is 1. The van der Waals surface area contributed by atoms with E-state index in [1.54, 1.807) is 13.2 Å². The van der Waals surface area contributed by atoms with Gasteiger partial charge >= 0.3 is 7.12 Å². The van der Waals surface area contributed by atoms with Gasteiger partial charge in [-0.05, 0) is 12.1 Å². The summed E-state index contributed by atoms with van der Waals surface area (Å²) in [6, 6.07) is 4.61. The van der Waals surface area contributed by atoms with E-state index >= 15 is 0 Å². The molecule has 1 aromatic carbocycles. The topological polar surface area (TPSA) is 58.9 Å². The summed E-state index contributed by atoms with van der Waals surface area (Å²) in [7, 11) is -0.0110.